The van der Waals surface area contributed by atoms with Gasteiger partial charge in [0, 0.05) is 24.6 Å². The molecule has 3 heteroatoms. The minimum absolute atomic E-state index is 0.0773. The summed E-state index contributed by atoms with van der Waals surface area (Å²) in [5.41, 5.74) is 0.408. The van der Waals surface area contributed by atoms with Crippen molar-refractivity contribution in [2.45, 2.75) is 59.0 Å². The van der Waals surface area contributed by atoms with E-state index in [4.69, 9.17) is 0 Å². The fourth-order valence-corrected chi connectivity index (χ4v) is 3.37. The van der Waals surface area contributed by atoms with Crippen molar-refractivity contribution in [3.63, 3.8) is 0 Å². The third kappa shape index (κ3) is 8.39. The molecule has 0 aliphatic carbocycles. The normalized spacial score (nSPS) is 20.0. The van der Waals surface area contributed by atoms with Crippen LogP contribution in [0.2, 0.25) is 0 Å². The van der Waals surface area contributed by atoms with Crippen molar-refractivity contribution in [3.8, 4) is 0 Å². The first-order chi connectivity index (χ1) is 8.47. The van der Waals surface area contributed by atoms with Crippen molar-refractivity contribution in [3.05, 3.63) is 0 Å². The maximum Gasteiger partial charge on any atom is 0.0540 e. The molecule has 1 saturated heterocycles. The van der Waals surface area contributed by atoms with Gasteiger partial charge in [-0.2, -0.15) is 11.8 Å². The Hall–Kier alpha value is 0.270. The fourth-order valence-electron chi connectivity index (χ4n) is 2.39. The zero-order valence-corrected chi connectivity index (χ0v) is 13.3. The Morgan fingerprint density at radius 3 is 2.33 bits per heavy atom. The van der Waals surface area contributed by atoms with Gasteiger partial charge in [-0.25, -0.2) is 0 Å². The third-order valence-corrected chi connectivity index (χ3v) is 4.52. The van der Waals surface area contributed by atoms with Crippen molar-refractivity contribution in [2.75, 3.05) is 31.1 Å². The average Bonchev–Trinajstić information content (AvgIpc) is 2.28. The Balaban J connectivity index is 1.97. The Labute approximate surface area is 118 Å². The Bertz CT molecular complexity index is 209. The molecule has 1 heterocycles. The molecule has 1 aliphatic rings. The van der Waals surface area contributed by atoms with Gasteiger partial charge in [-0.15, -0.1) is 0 Å². The van der Waals surface area contributed by atoms with Gasteiger partial charge < -0.3 is 10.0 Å². The lowest BCUT2D eigenvalue weighted by Gasteiger charge is -2.26. The number of hydrogen-bond acceptors (Lipinski definition) is 3. The van der Waals surface area contributed by atoms with Crippen molar-refractivity contribution in [1.82, 2.24) is 4.90 Å². The first-order valence-electron chi connectivity index (χ1n) is 7.45. The summed E-state index contributed by atoms with van der Waals surface area (Å²) < 4.78 is 0. The molecule has 0 saturated carbocycles. The Morgan fingerprint density at radius 1 is 1.11 bits per heavy atom. The second kappa shape index (κ2) is 8.44. The van der Waals surface area contributed by atoms with E-state index in [9.17, 15) is 5.11 Å². The largest absolute Gasteiger partial charge is 0.393 e. The van der Waals surface area contributed by atoms with Crippen LogP contribution in [0.1, 0.15) is 52.9 Å². The van der Waals surface area contributed by atoms with Gasteiger partial charge in [0.1, 0.15) is 0 Å². The standard InChI is InChI=1S/C15H31NOS/c1-15(2,3)8-4-6-14(17)7-5-9-16-10-12-18-13-11-16/h14,17H,4-13H2,1-3H3/t14-/m1/s1. The molecule has 0 unspecified atom stereocenters. The highest BCUT2D eigenvalue weighted by Crippen LogP contribution is 2.22. The summed E-state index contributed by atoms with van der Waals surface area (Å²) in [6.45, 7) is 10.5. The summed E-state index contributed by atoms with van der Waals surface area (Å²) in [5, 5.41) is 9.95. The molecule has 1 N–H and O–H groups in total. The van der Waals surface area contributed by atoms with Gasteiger partial charge in [0.25, 0.3) is 0 Å². The quantitative estimate of drug-likeness (QED) is 0.769. The Kier molecular flexibility index (Phi) is 7.66. The molecule has 0 aromatic rings. The molecular formula is C15H31NOS. The van der Waals surface area contributed by atoms with Crippen LogP contribution in [0.5, 0.6) is 0 Å². The minimum Gasteiger partial charge on any atom is -0.393 e. The van der Waals surface area contributed by atoms with Crippen molar-refractivity contribution in [1.29, 1.82) is 0 Å². The molecule has 1 fully saturated rings. The third-order valence-electron chi connectivity index (χ3n) is 3.58. The molecule has 1 atom stereocenters. The van der Waals surface area contributed by atoms with Crippen molar-refractivity contribution >= 4 is 11.8 Å². The monoisotopic (exact) mass is 273 g/mol. The molecule has 108 valence electrons. The van der Waals surface area contributed by atoms with E-state index in [1.54, 1.807) is 0 Å². The van der Waals surface area contributed by atoms with Crippen molar-refractivity contribution < 1.29 is 5.11 Å². The molecule has 0 aromatic carbocycles. The van der Waals surface area contributed by atoms with Gasteiger partial charge in [0.05, 0.1) is 6.10 Å². The molecule has 0 radical (unpaired) electrons. The maximum absolute atomic E-state index is 9.95. The highest BCUT2D eigenvalue weighted by molar-refractivity contribution is 7.99. The van der Waals surface area contributed by atoms with Crippen LogP contribution >= 0.6 is 11.8 Å². The molecule has 0 bridgehead atoms. The van der Waals surface area contributed by atoms with E-state index in [2.05, 4.69) is 37.4 Å². The van der Waals surface area contributed by atoms with Crippen LogP contribution in [0.15, 0.2) is 0 Å². The highest BCUT2D eigenvalue weighted by Gasteiger charge is 2.13. The predicted octanol–water partition coefficient (Wildman–Crippen LogP) is 3.39. The van der Waals surface area contributed by atoms with E-state index in [-0.39, 0.29) is 6.10 Å². The van der Waals surface area contributed by atoms with Crippen LogP contribution in [-0.2, 0) is 0 Å². The first kappa shape index (κ1) is 16.3. The average molecular weight is 273 g/mol. The lowest BCUT2D eigenvalue weighted by molar-refractivity contribution is 0.138. The van der Waals surface area contributed by atoms with Gasteiger partial charge >= 0.3 is 0 Å². The van der Waals surface area contributed by atoms with E-state index >= 15 is 0 Å². The molecule has 1 rings (SSSR count). The highest BCUT2D eigenvalue weighted by atomic mass is 32.2. The number of rotatable bonds is 7. The molecule has 0 aromatic heterocycles. The summed E-state index contributed by atoms with van der Waals surface area (Å²) >= 11 is 2.06. The summed E-state index contributed by atoms with van der Waals surface area (Å²) in [6.07, 6.45) is 5.41. The van der Waals surface area contributed by atoms with Crippen LogP contribution in [0.4, 0.5) is 0 Å². The number of hydrogen-bond donors (Lipinski definition) is 1. The minimum atomic E-state index is -0.0773. The van der Waals surface area contributed by atoms with E-state index in [0.29, 0.717) is 5.41 Å². The van der Waals surface area contributed by atoms with Gasteiger partial charge in [0.15, 0.2) is 0 Å². The van der Waals surface area contributed by atoms with E-state index in [1.165, 1.54) is 37.6 Å². The van der Waals surface area contributed by atoms with Gasteiger partial charge in [-0.3, -0.25) is 0 Å². The molecule has 0 spiro atoms. The maximum atomic E-state index is 9.95. The van der Waals surface area contributed by atoms with Gasteiger partial charge in [-0.1, -0.05) is 27.2 Å². The topological polar surface area (TPSA) is 23.5 Å². The summed E-state index contributed by atoms with van der Waals surface area (Å²) in [5.74, 6) is 2.57. The second-order valence-corrected chi connectivity index (χ2v) is 7.93. The van der Waals surface area contributed by atoms with Crippen LogP contribution in [0, 0.1) is 5.41 Å². The fraction of sp³-hybridized carbons (Fsp3) is 1.00. The lowest BCUT2D eigenvalue weighted by Crippen LogP contribution is -2.33. The van der Waals surface area contributed by atoms with Gasteiger partial charge in [-0.05, 0) is 37.6 Å². The number of aliphatic hydroxyl groups excluding tert-OH is 1. The van der Waals surface area contributed by atoms with Crippen LogP contribution in [0.3, 0.4) is 0 Å². The second-order valence-electron chi connectivity index (χ2n) is 6.70. The molecular weight excluding hydrogens is 242 g/mol. The zero-order valence-electron chi connectivity index (χ0n) is 12.5. The van der Waals surface area contributed by atoms with E-state index in [1.807, 2.05) is 0 Å². The van der Waals surface area contributed by atoms with Crippen LogP contribution in [0.25, 0.3) is 0 Å². The molecule has 0 amide bonds. The molecule has 2 nitrogen and oxygen atoms in total. The first-order valence-corrected chi connectivity index (χ1v) is 8.61. The summed E-state index contributed by atoms with van der Waals surface area (Å²) in [7, 11) is 0. The van der Waals surface area contributed by atoms with Crippen molar-refractivity contribution in [2.24, 2.45) is 5.41 Å². The SMILES string of the molecule is CC(C)(C)CCC[C@@H](O)CCCN1CCSCC1. The van der Waals surface area contributed by atoms with E-state index < -0.39 is 0 Å². The number of nitrogens with zero attached hydrogens (tertiary/aromatic N) is 1. The molecule has 18 heavy (non-hydrogen) atoms. The smallest absolute Gasteiger partial charge is 0.0540 e. The van der Waals surface area contributed by atoms with Gasteiger partial charge in [0.2, 0.25) is 0 Å². The number of thioether (sulfide) groups is 1. The lowest BCUT2D eigenvalue weighted by atomic mass is 9.89. The van der Waals surface area contributed by atoms with Crippen LogP contribution < -0.4 is 0 Å². The van der Waals surface area contributed by atoms with Crippen LogP contribution in [-0.4, -0.2) is 47.3 Å². The predicted molar refractivity (Wildman–Crippen MR) is 82.3 cm³/mol. The molecule has 1 aliphatic heterocycles. The summed E-state index contributed by atoms with van der Waals surface area (Å²) in [4.78, 5) is 2.54. The Morgan fingerprint density at radius 2 is 1.72 bits per heavy atom. The zero-order chi connectivity index (χ0) is 13.4. The summed E-state index contributed by atoms with van der Waals surface area (Å²) in [6, 6.07) is 0. The number of aliphatic hydroxyl groups is 1. The van der Waals surface area contributed by atoms with E-state index in [0.717, 1.165) is 25.7 Å².